The lowest BCUT2D eigenvalue weighted by atomic mass is 10.0. The molecule has 0 aromatic heterocycles. The molecule has 0 saturated carbocycles. The van der Waals surface area contributed by atoms with Crippen LogP contribution >= 0.6 is 0 Å². The zero-order chi connectivity index (χ0) is 22.1. The molecule has 2 rings (SSSR count). The van der Waals surface area contributed by atoms with E-state index in [1.54, 1.807) is 18.2 Å². The molecule has 5 heteroatoms. The van der Waals surface area contributed by atoms with Gasteiger partial charge in [0.15, 0.2) is 11.5 Å². The summed E-state index contributed by atoms with van der Waals surface area (Å²) in [6.45, 7) is 6.30. The summed E-state index contributed by atoms with van der Waals surface area (Å²) in [6, 6.07) is 10.1. The minimum Gasteiger partial charge on any atom is -0.504 e. The van der Waals surface area contributed by atoms with Gasteiger partial charge in [0.05, 0.1) is 12.0 Å². The molecule has 0 heterocycles. The number of nitro benzene ring substituents is 1. The van der Waals surface area contributed by atoms with Gasteiger partial charge in [-0.25, -0.2) is 0 Å². The molecule has 2 aromatic rings. The van der Waals surface area contributed by atoms with Crippen molar-refractivity contribution in [2.75, 3.05) is 7.11 Å². The highest BCUT2D eigenvalue weighted by atomic mass is 16.6. The molecule has 0 aliphatic rings. The number of benzene rings is 2. The van der Waals surface area contributed by atoms with Gasteiger partial charge in [-0.1, -0.05) is 35.5 Å². The Morgan fingerprint density at radius 2 is 1.73 bits per heavy atom. The predicted octanol–water partition coefficient (Wildman–Crippen LogP) is 6.71. The highest BCUT2D eigenvalue weighted by molar-refractivity contribution is 5.72. The summed E-state index contributed by atoms with van der Waals surface area (Å²) in [6.07, 6.45) is 10.7. The lowest BCUT2D eigenvalue weighted by Crippen LogP contribution is -1.92. The Balaban J connectivity index is 2.19. The van der Waals surface area contributed by atoms with Crippen molar-refractivity contribution >= 4 is 17.8 Å². The fraction of sp³-hybridized carbons (Fsp3) is 0.280. The third kappa shape index (κ3) is 6.92. The van der Waals surface area contributed by atoms with Crippen LogP contribution in [0, 0.1) is 10.1 Å². The molecule has 0 atom stereocenters. The normalized spacial score (nSPS) is 11.5. The number of non-ortho nitro benzene ring substituents is 1. The predicted molar refractivity (Wildman–Crippen MR) is 123 cm³/mol. The monoisotopic (exact) mass is 407 g/mol. The average Bonchev–Trinajstić information content (AvgIpc) is 2.72. The highest BCUT2D eigenvalue weighted by Gasteiger charge is 2.09. The Bertz CT molecular complexity index is 965. The summed E-state index contributed by atoms with van der Waals surface area (Å²) in [5.74, 6) is 0.574. The third-order valence-electron chi connectivity index (χ3n) is 4.73. The number of ether oxygens (including phenoxy) is 1. The second kappa shape index (κ2) is 11.0. The fourth-order valence-electron chi connectivity index (χ4n) is 2.97. The van der Waals surface area contributed by atoms with Gasteiger partial charge < -0.3 is 9.84 Å². The maximum Gasteiger partial charge on any atom is 0.269 e. The van der Waals surface area contributed by atoms with Crippen LogP contribution < -0.4 is 4.74 Å². The quantitative estimate of drug-likeness (QED) is 0.217. The van der Waals surface area contributed by atoms with Crippen LogP contribution in [0.1, 0.15) is 50.3 Å². The molecular formula is C25H29NO4. The van der Waals surface area contributed by atoms with Crippen LogP contribution in [0.5, 0.6) is 11.5 Å². The third-order valence-corrected chi connectivity index (χ3v) is 4.73. The van der Waals surface area contributed by atoms with Gasteiger partial charge in [-0.3, -0.25) is 10.1 Å². The molecule has 0 bridgehead atoms. The first-order chi connectivity index (χ1) is 14.3. The Morgan fingerprint density at radius 3 is 2.33 bits per heavy atom. The van der Waals surface area contributed by atoms with Gasteiger partial charge >= 0.3 is 0 Å². The van der Waals surface area contributed by atoms with Gasteiger partial charge in [0.25, 0.3) is 5.69 Å². The lowest BCUT2D eigenvalue weighted by molar-refractivity contribution is -0.384. The van der Waals surface area contributed by atoms with Crippen molar-refractivity contribution in [1.29, 1.82) is 0 Å². The molecule has 5 nitrogen and oxygen atoms in total. The van der Waals surface area contributed by atoms with Gasteiger partial charge in [-0.2, -0.15) is 0 Å². The standard InChI is InChI=1S/C25H29NO4/c1-18(2)6-5-7-19(3)8-13-22-16-21(17-24(30-4)25(22)27)10-9-20-11-14-23(15-12-20)26(28)29/h6,8-12,14-17,27H,5,7,13H2,1-4H3. The van der Waals surface area contributed by atoms with Gasteiger partial charge in [0.1, 0.15) is 0 Å². The SMILES string of the molecule is COc1cc(C=Cc2ccc([N+](=O)[O-])cc2)cc(CC=C(C)CCC=C(C)C)c1O. The van der Waals surface area contributed by atoms with Gasteiger partial charge in [-0.15, -0.1) is 0 Å². The van der Waals surface area contributed by atoms with Crippen molar-refractivity contribution in [2.45, 2.75) is 40.0 Å². The van der Waals surface area contributed by atoms with E-state index in [0.29, 0.717) is 12.2 Å². The number of nitrogens with zero attached hydrogens (tertiary/aromatic N) is 1. The van der Waals surface area contributed by atoms with E-state index in [1.165, 1.54) is 30.4 Å². The zero-order valence-corrected chi connectivity index (χ0v) is 18.0. The molecular weight excluding hydrogens is 378 g/mol. The van der Waals surface area contributed by atoms with E-state index >= 15 is 0 Å². The van der Waals surface area contributed by atoms with Crippen LogP contribution in [0.3, 0.4) is 0 Å². The van der Waals surface area contributed by atoms with Gasteiger partial charge in [0, 0.05) is 17.7 Å². The Kier molecular flexibility index (Phi) is 8.41. The van der Waals surface area contributed by atoms with Crippen molar-refractivity contribution in [3.05, 3.63) is 86.5 Å². The second-order valence-corrected chi connectivity index (χ2v) is 7.49. The Morgan fingerprint density at radius 1 is 1.07 bits per heavy atom. The van der Waals surface area contributed by atoms with E-state index in [4.69, 9.17) is 4.74 Å². The van der Waals surface area contributed by atoms with E-state index < -0.39 is 4.92 Å². The molecule has 0 fully saturated rings. The summed E-state index contributed by atoms with van der Waals surface area (Å²) in [4.78, 5) is 10.4. The molecule has 0 radical (unpaired) electrons. The summed E-state index contributed by atoms with van der Waals surface area (Å²) >= 11 is 0. The smallest absolute Gasteiger partial charge is 0.269 e. The van der Waals surface area contributed by atoms with E-state index in [-0.39, 0.29) is 11.4 Å². The molecule has 0 saturated heterocycles. The number of nitro groups is 1. The summed E-state index contributed by atoms with van der Waals surface area (Å²) in [7, 11) is 1.53. The first kappa shape index (κ1) is 22.9. The van der Waals surface area contributed by atoms with Crippen LogP contribution in [0.2, 0.25) is 0 Å². The molecule has 0 amide bonds. The first-order valence-corrected chi connectivity index (χ1v) is 9.91. The van der Waals surface area contributed by atoms with Crippen LogP contribution in [0.4, 0.5) is 5.69 Å². The molecule has 30 heavy (non-hydrogen) atoms. The first-order valence-electron chi connectivity index (χ1n) is 9.91. The van der Waals surface area contributed by atoms with E-state index in [9.17, 15) is 15.2 Å². The molecule has 158 valence electrons. The summed E-state index contributed by atoms with van der Waals surface area (Å²) < 4.78 is 5.33. The number of phenols is 1. The number of phenolic OH excluding ortho intramolecular Hbond substituents is 1. The fourth-order valence-corrected chi connectivity index (χ4v) is 2.97. The number of hydrogen-bond acceptors (Lipinski definition) is 4. The van der Waals surface area contributed by atoms with Crippen LogP contribution in [0.25, 0.3) is 12.2 Å². The van der Waals surface area contributed by atoms with Crippen molar-refractivity contribution in [3.63, 3.8) is 0 Å². The molecule has 0 unspecified atom stereocenters. The molecule has 0 aliphatic carbocycles. The second-order valence-electron chi connectivity index (χ2n) is 7.49. The van der Waals surface area contributed by atoms with Crippen molar-refractivity contribution < 1.29 is 14.8 Å². The van der Waals surface area contributed by atoms with Crippen molar-refractivity contribution in [2.24, 2.45) is 0 Å². The van der Waals surface area contributed by atoms with Gasteiger partial charge in [-0.05, 0) is 75.4 Å². The topological polar surface area (TPSA) is 72.6 Å². The largest absolute Gasteiger partial charge is 0.504 e. The van der Waals surface area contributed by atoms with Crippen LogP contribution in [-0.4, -0.2) is 17.1 Å². The Hall–Kier alpha value is -3.34. The number of allylic oxidation sites excluding steroid dienone is 4. The van der Waals surface area contributed by atoms with E-state index in [1.807, 2.05) is 18.2 Å². The highest BCUT2D eigenvalue weighted by Crippen LogP contribution is 2.33. The van der Waals surface area contributed by atoms with Crippen LogP contribution in [-0.2, 0) is 6.42 Å². The Labute approximate surface area is 178 Å². The maximum absolute atomic E-state index is 10.8. The zero-order valence-electron chi connectivity index (χ0n) is 18.0. The average molecular weight is 408 g/mol. The van der Waals surface area contributed by atoms with Gasteiger partial charge in [0.2, 0.25) is 0 Å². The molecule has 0 aliphatic heterocycles. The summed E-state index contributed by atoms with van der Waals surface area (Å²) in [5.41, 5.74) is 5.18. The number of rotatable bonds is 9. The van der Waals surface area contributed by atoms with E-state index in [2.05, 4.69) is 32.9 Å². The number of hydrogen-bond donors (Lipinski definition) is 1. The maximum atomic E-state index is 10.8. The molecule has 2 aromatic carbocycles. The van der Waals surface area contributed by atoms with Crippen molar-refractivity contribution in [3.8, 4) is 11.5 Å². The minimum absolute atomic E-state index is 0.0625. The molecule has 1 N–H and O–H groups in total. The summed E-state index contributed by atoms with van der Waals surface area (Å²) in [5, 5.41) is 21.3. The number of methoxy groups -OCH3 is 1. The van der Waals surface area contributed by atoms with E-state index in [0.717, 1.165) is 29.5 Å². The number of aromatic hydroxyl groups is 1. The lowest BCUT2D eigenvalue weighted by Gasteiger charge is -2.10. The molecule has 0 spiro atoms. The van der Waals surface area contributed by atoms with Crippen molar-refractivity contribution in [1.82, 2.24) is 0 Å². The van der Waals surface area contributed by atoms with Crippen LogP contribution in [0.15, 0.2) is 59.7 Å². The minimum atomic E-state index is -0.417.